The van der Waals surface area contributed by atoms with Crippen LogP contribution < -0.4 is 5.32 Å². The van der Waals surface area contributed by atoms with Crippen LogP contribution >= 0.6 is 0 Å². The van der Waals surface area contributed by atoms with Crippen LogP contribution in [0.2, 0.25) is 0 Å². The highest BCUT2D eigenvalue weighted by molar-refractivity contribution is 6.25. The molecule has 9 heteroatoms. The number of nitrogens with zero attached hydrogens (tertiary/aromatic N) is 2. The van der Waals surface area contributed by atoms with Crippen LogP contribution in [-0.4, -0.2) is 57.5 Å². The fourth-order valence-corrected chi connectivity index (χ4v) is 2.87. The lowest BCUT2D eigenvalue weighted by atomic mass is 10.0. The van der Waals surface area contributed by atoms with Crippen molar-refractivity contribution in [1.82, 2.24) is 10.3 Å². The summed E-state index contributed by atoms with van der Waals surface area (Å²) < 4.78 is 5.53. The number of hydrogen-bond acceptors (Lipinski definition) is 4. The van der Waals surface area contributed by atoms with Gasteiger partial charge in [0.1, 0.15) is 12.1 Å². The second kappa shape index (κ2) is 10.1. The number of carboxylic acid groups (broad SMARTS) is 1. The maximum Gasteiger partial charge on any atom is 0.326 e. The van der Waals surface area contributed by atoms with E-state index in [4.69, 9.17) is 10.3 Å². The lowest BCUT2D eigenvalue weighted by Gasteiger charge is -2.20. The molecule has 2 atom stereocenters. The van der Waals surface area contributed by atoms with Crippen molar-refractivity contribution in [3.05, 3.63) is 41.6 Å². The van der Waals surface area contributed by atoms with E-state index in [1.54, 1.807) is 13.1 Å². The molecule has 0 bridgehead atoms. The quantitative estimate of drug-likeness (QED) is 0.303. The van der Waals surface area contributed by atoms with E-state index < -0.39 is 29.8 Å². The average Bonchev–Trinajstić information content (AvgIpc) is 3.07. The molecule has 0 aliphatic rings. The fourth-order valence-electron chi connectivity index (χ4n) is 2.87. The number of Topliss-reactive ketones (excluding diaryl/α,β-unsaturated/α-hetero) is 1. The molecule has 2 unspecified atom stereocenters. The Bertz CT molecular complexity index is 901. The molecule has 0 spiro atoms. The molecular weight excluding hydrogens is 364 g/mol. The first-order chi connectivity index (χ1) is 13.5. The van der Waals surface area contributed by atoms with Crippen LogP contribution in [0, 0.1) is 0 Å². The number of nitrogens with one attached hydrogen (secondary N) is 2. The Morgan fingerprint density at radius 3 is 2.79 bits per heavy atom. The summed E-state index contributed by atoms with van der Waals surface area (Å²) in [5.41, 5.74) is 10.1. The SMILES string of the molecule is CCOC(Cc1c[nH]c2ccccc12)C(=O)NC(CCC(=O)C=[N+]=[N-])C(=O)O. The molecule has 148 valence electrons. The van der Waals surface area contributed by atoms with E-state index in [1.807, 2.05) is 24.3 Å². The molecule has 0 saturated carbocycles. The molecule has 0 radical (unpaired) electrons. The molecule has 0 aliphatic carbocycles. The van der Waals surface area contributed by atoms with Gasteiger partial charge >= 0.3 is 12.2 Å². The largest absolute Gasteiger partial charge is 0.480 e. The van der Waals surface area contributed by atoms with Gasteiger partial charge in [0.05, 0.1) is 0 Å². The summed E-state index contributed by atoms with van der Waals surface area (Å²) in [4.78, 5) is 41.2. The molecule has 0 aliphatic heterocycles. The van der Waals surface area contributed by atoms with Gasteiger partial charge < -0.3 is 25.7 Å². The summed E-state index contributed by atoms with van der Waals surface area (Å²) in [7, 11) is 0. The molecule has 0 saturated heterocycles. The molecule has 1 aromatic heterocycles. The second-order valence-electron chi connectivity index (χ2n) is 6.16. The normalized spacial score (nSPS) is 12.8. The van der Waals surface area contributed by atoms with Crippen LogP contribution in [0.1, 0.15) is 25.3 Å². The Morgan fingerprint density at radius 2 is 2.11 bits per heavy atom. The minimum atomic E-state index is -1.26. The van der Waals surface area contributed by atoms with E-state index in [0.717, 1.165) is 16.5 Å². The summed E-state index contributed by atoms with van der Waals surface area (Å²) in [5.74, 6) is -2.37. The fraction of sp³-hybridized carbons (Fsp3) is 0.368. The van der Waals surface area contributed by atoms with Gasteiger partial charge in [-0.1, -0.05) is 18.2 Å². The Labute approximate surface area is 161 Å². The first-order valence-corrected chi connectivity index (χ1v) is 8.86. The minimum Gasteiger partial charge on any atom is -0.480 e. The summed E-state index contributed by atoms with van der Waals surface area (Å²) in [6.07, 6.45) is 1.58. The number of carbonyl (C=O) groups excluding carboxylic acids is 2. The lowest BCUT2D eigenvalue weighted by Crippen LogP contribution is -2.47. The molecule has 28 heavy (non-hydrogen) atoms. The van der Waals surface area contributed by atoms with Gasteiger partial charge in [0.2, 0.25) is 11.7 Å². The Morgan fingerprint density at radius 1 is 1.36 bits per heavy atom. The third-order valence-electron chi connectivity index (χ3n) is 4.24. The number of carboxylic acids is 1. The monoisotopic (exact) mass is 386 g/mol. The van der Waals surface area contributed by atoms with Gasteiger partial charge in [-0.15, -0.1) is 0 Å². The summed E-state index contributed by atoms with van der Waals surface area (Å²) in [6.45, 7) is 2.03. The van der Waals surface area contributed by atoms with Gasteiger partial charge in [-0.3, -0.25) is 9.59 Å². The predicted molar refractivity (Wildman–Crippen MR) is 101 cm³/mol. The predicted octanol–water partition coefficient (Wildman–Crippen LogP) is 1.33. The van der Waals surface area contributed by atoms with Crippen LogP contribution in [0.15, 0.2) is 30.5 Å². The molecule has 0 fully saturated rings. The Kier molecular flexibility index (Phi) is 7.62. The number of hydrogen-bond donors (Lipinski definition) is 3. The number of para-hydroxylation sites is 1. The molecule has 1 aromatic carbocycles. The van der Waals surface area contributed by atoms with Gasteiger partial charge in [0.15, 0.2) is 0 Å². The molecule has 1 heterocycles. The zero-order valence-electron chi connectivity index (χ0n) is 15.4. The number of H-pyrrole nitrogens is 1. The molecule has 2 rings (SSSR count). The van der Waals surface area contributed by atoms with Gasteiger partial charge in [-0.25, -0.2) is 4.79 Å². The van der Waals surface area contributed by atoms with Crippen molar-refractivity contribution in [3.63, 3.8) is 0 Å². The third kappa shape index (κ3) is 5.60. The van der Waals surface area contributed by atoms with Gasteiger partial charge in [0.25, 0.3) is 0 Å². The van der Waals surface area contributed by atoms with Crippen molar-refractivity contribution >= 4 is 34.8 Å². The van der Waals surface area contributed by atoms with Crippen molar-refractivity contribution in [2.75, 3.05) is 6.61 Å². The van der Waals surface area contributed by atoms with Crippen LogP contribution in [0.4, 0.5) is 0 Å². The first kappa shape index (κ1) is 21.0. The first-order valence-electron chi connectivity index (χ1n) is 8.86. The number of fused-ring (bicyclic) bond motifs is 1. The topological polar surface area (TPSA) is 145 Å². The number of rotatable bonds is 11. The number of ether oxygens (including phenoxy) is 1. The Balaban J connectivity index is 2.08. The third-order valence-corrected chi connectivity index (χ3v) is 4.24. The van der Waals surface area contributed by atoms with Crippen LogP contribution in [0.3, 0.4) is 0 Å². The van der Waals surface area contributed by atoms with Crippen LogP contribution in [-0.2, 0) is 25.5 Å². The highest BCUT2D eigenvalue weighted by atomic mass is 16.5. The van der Waals surface area contributed by atoms with Crippen molar-refractivity contribution in [2.45, 2.75) is 38.3 Å². The van der Waals surface area contributed by atoms with Gasteiger partial charge in [0, 0.05) is 36.5 Å². The second-order valence-corrected chi connectivity index (χ2v) is 6.16. The van der Waals surface area contributed by atoms with Crippen molar-refractivity contribution in [2.24, 2.45) is 0 Å². The molecule has 1 amide bonds. The minimum absolute atomic E-state index is 0.127. The zero-order valence-corrected chi connectivity index (χ0v) is 15.4. The molecular formula is C19H22N4O5. The van der Waals surface area contributed by atoms with Crippen molar-refractivity contribution in [3.8, 4) is 0 Å². The summed E-state index contributed by atoms with van der Waals surface area (Å²) in [5, 5.41) is 12.7. The highest BCUT2D eigenvalue weighted by Gasteiger charge is 2.27. The van der Waals surface area contributed by atoms with E-state index in [-0.39, 0.29) is 25.9 Å². The number of ketones is 1. The number of aromatic nitrogens is 1. The maximum absolute atomic E-state index is 12.6. The molecule has 3 N–H and O–H groups in total. The van der Waals surface area contributed by atoms with E-state index in [0.29, 0.717) is 6.21 Å². The maximum atomic E-state index is 12.6. The van der Waals surface area contributed by atoms with E-state index in [9.17, 15) is 19.5 Å². The van der Waals surface area contributed by atoms with Crippen LogP contribution in [0.5, 0.6) is 0 Å². The number of aromatic amines is 1. The van der Waals surface area contributed by atoms with Gasteiger partial charge in [-0.05, 0) is 25.0 Å². The number of amides is 1. The van der Waals surface area contributed by atoms with Crippen LogP contribution in [0.25, 0.3) is 16.4 Å². The van der Waals surface area contributed by atoms with E-state index in [2.05, 4.69) is 15.1 Å². The summed E-state index contributed by atoms with van der Waals surface area (Å²) in [6, 6.07) is 6.38. The standard InChI is InChI=1S/C19H22N4O5/c1-2-28-17(9-12-10-21-15-6-4-3-5-14(12)15)18(25)23-16(19(26)27)8-7-13(24)11-22-20/h3-6,10-11,16-17,21H,2,7-9H2,1H3,(H,23,25)(H,26,27). The smallest absolute Gasteiger partial charge is 0.326 e. The zero-order chi connectivity index (χ0) is 20.5. The molecule has 9 nitrogen and oxygen atoms in total. The number of aliphatic carboxylic acids is 1. The van der Waals surface area contributed by atoms with Crippen molar-refractivity contribution in [1.29, 1.82) is 0 Å². The Hall–Kier alpha value is -3.29. The van der Waals surface area contributed by atoms with E-state index >= 15 is 0 Å². The molecule has 2 aromatic rings. The van der Waals surface area contributed by atoms with E-state index in [1.165, 1.54) is 0 Å². The summed E-state index contributed by atoms with van der Waals surface area (Å²) >= 11 is 0. The lowest BCUT2D eigenvalue weighted by molar-refractivity contribution is -0.144. The highest BCUT2D eigenvalue weighted by Crippen LogP contribution is 2.20. The van der Waals surface area contributed by atoms with Crippen molar-refractivity contribution < 1.29 is 29.0 Å². The number of benzene rings is 1. The average molecular weight is 386 g/mol. The van der Waals surface area contributed by atoms with Gasteiger partial charge in [-0.2, -0.15) is 4.79 Å². The number of carbonyl (C=O) groups is 3.